The second-order valence-electron chi connectivity index (χ2n) is 9.97. The van der Waals surface area contributed by atoms with Crippen molar-refractivity contribution in [3.8, 4) is 0 Å². The van der Waals surface area contributed by atoms with E-state index in [9.17, 15) is 28.4 Å². The molecule has 0 aromatic heterocycles. The average Bonchev–Trinajstić information content (AvgIpc) is 3.14. The van der Waals surface area contributed by atoms with Crippen LogP contribution < -0.4 is 5.32 Å². The van der Waals surface area contributed by atoms with Crippen molar-refractivity contribution in [1.29, 1.82) is 0 Å². The Morgan fingerprint density at radius 1 is 1.00 bits per heavy atom. The highest BCUT2D eigenvalue weighted by atomic mass is 19.1. The Hall–Kier alpha value is -3.88. The number of rotatable bonds is 5. The number of nitrogens with zero attached hydrogens (tertiary/aromatic N) is 2. The third-order valence-corrected chi connectivity index (χ3v) is 7.78. The molecule has 3 aliphatic rings. The maximum Gasteiger partial charge on any atom is 0.262 e. The van der Waals surface area contributed by atoms with Crippen molar-refractivity contribution in [2.75, 3.05) is 13.1 Å². The molecule has 1 atom stereocenters. The Morgan fingerprint density at radius 2 is 1.73 bits per heavy atom. The first kappa shape index (κ1) is 24.8. The van der Waals surface area contributed by atoms with E-state index in [4.69, 9.17) is 0 Å². The van der Waals surface area contributed by atoms with Crippen LogP contribution in [0.2, 0.25) is 0 Å². The van der Waals surface area contributed by atoms with Gasteiger partial charge in [0.1, 0.15) is 11.9 Å². The van der Waals surface area contributed by atoms with Crippen molar-refractivity contribution in [2.45, 2.75) is 51.5 Å². The number of carbonyl (C=O) groups excluding carboxylic acids is 5. The van der Waals surface area contributed by atoms with Crippen LogP contribution in [0, 0.1) is 18.7 Å². The summed E-state index contributed by atoms with van der Waals surface area (Å²) in [5, 5.41) is 2.21. The van der Waals surface area contributed by atoms with Gasteiger partial charge in [-0.3, -0.25) is 34.2 Å². The van der Waals surface area contributed by atoms with Crippen LogP contribution >= 0.6 is 0 Å². The van der Waals surface area contributed by atoms with Gasteiger partial charge in [0.25, 0.3) is 17.7 Å². The molecule has 2 fully saturated rings. The number of hydrogen-bond donors (Lipinski definition) is 1. The zero-order valence-electron chi connectivity index (χ0n) is 20.6. The van der Waals surface area contributed by atoms with Gasteiger partial charge in [-0.05, 0) is 74.3 Å². The molecule has 0 radical (unpaired) electrons. The predicted molar refractivity (Wildman–Crippen MR) is 131 cm³/mol. The Bertz CT molecular complexity index is 1310. The van der Waals surface area contributed by atoms with Crippen molar-refractivity contribution in [1.82, 2.24) is 15.1 Å². The molecule has 2 saturated heterocycles. The summed E-state index contributed by atoms with van der Waals surface area (Å²) in [5.41, 5.74) is 2.14. The van der Waals surface area contributed by atoms with E-state index in [1.165, 1.54) is 6.07 Å². The minimum atomic E-state index is -0.985. The highest BCUT2D eigenvalue weighted by molar-refractivity contribution is 6.24. The van der Waals surface area contributed by atoms with Crippen molar-refractivity contribution in [2.24, 2.45) is 5.92 Å². The SMILES string of the molecule is Cc1c(F)cccc1C(=O)N1CCC(CCc2cccc3c2C(=O)N(C2CCC(=O)NC2=O)C3=O)CC1. The minimum absolute atomic E-state index is 0.0800. The van der Waals surface area contributed by atoms with Crippen molar-refractivity contribution < 1.29 is 28.4 Å². The van der Waals surface area contributed by atoms with Gasteiger partial charge in [-0.2, -0.15) is 0 Å². The normalized spacial score (nSPS) is 20.3. The Morgan fingerprint density at radius 3 is 2.46 bits per heavy atom. The number of hydrogen-bond acceptors (Lipinski definition) is 5. The van der Waals surface area contributed by atoms with Gasteiger partial charge < -0.3 is 4.90 Å². The molecular weight excluding hydrogens is 477 g/mol. The summed E-state index contributed by atoms with van der Waals surface area (Å²) in [7, 11) is 0. The number of imide groups is 2. The van der Waals surface area contributed by atoms with E-state index in [0.717, 1.165) is 29.7 Å². The van der Waals surface area contributed by atoms with Gasteiger partial charge in [0.05, 0.1) is 11.1 Å². The number of carbonyl (C=O) groups is 5. The standard InChI is InChI=1S/C28H28FN3O5/c1-16-19(5-3-7-21(16)29)26(35)31-14-12-17(13-15-31)8-9-18-4-2-6-20-24(18)28(37)32(27(20)36)22-10-11-23(33)30-25(22)34/h2-7,17,22H,8-15H2,1H3,(H,30,33,34). The summed E-state index contributed by atoms with van der Waals surface area (Å²) in [5.74, 6) is -2.23. The molecule has 5 rings (SSSR count). The number of likely N-dealkylation sites (tertiary alicyclic amines) is 1. The molecule has 1 unspecified atom stereocenters. The van der Waals surface area contributed by atoms with Crippen LogP contribution in [-0.2, 0) is 16.0 Å². The molecule has 0 spiro atoms. The van der Waals surface area contributed by atoms with Crippen molar-refractivity contribution >= 4 is 29.5 Å². The van der Waals surface area contributed by atoms with Crippen LogP contribution in [0.5, 0.6) is 0 Å². The Balaban J connectivity index is 1.22. The zero-order valence-corrected chi connectivity index (χ0v) is 20.6. The molecular formula is C28H28FN3O5. The third kappa shape index (κ3) is 4.54. The molecule has 3 aliphatic heterocycles. The van der Waals surface area contributed by atoms with Crippen LogP contribution in [0.25, 0.3) is 0 Å². The molecule has 37 heavy (non-hydrogen) atoms. The van der Waals surface area contributed by atoms with Crippen molar-refractivity contribution in [3.05, 3.63) is 70.0 Å². The van der Waals surface area contributed by atoms with E-state index < -0.39 is 29.7 Å². The number of amides is 5. The molecule has 0 saturated carbocycles. The maximum absolute atomic E-state index is 13.9. The Kier molecular flexibility index (Phi) is 6.62. The molecule has 1 N–H and O–H groups in total. The number of piperidine rings is 2. The van der Waals surface area contributed by atoms with Gasteiger partial charge in [-0.1, -0.05) is 18.2 Å². The van der Waals surface area contributed by atoms with E-state index >= 15 is 0 Å². The number of nitrogens with one attached hydrogen (secondary N) is 1. The lowest BCUT2D eigenvalue weighted by atomic mass is 9.88. The molecule has 3 heterocycles. The predicted octanol–water partition coefficient (Wildman–Crippen LogP) is 3.02. The van der Waals surface area contributed by atoms with Crippen LogP contribution in [0.3, 0.4) is 0 Å². The first-order valence-corrected chi connectivity index (χ1v) is 12.6. The van der Waals surface area contributed by atoms with Gasteiger partial charge in [0.15, 0.2) is 0 Å². The second kappa shape index (κ2) is 9.88. The van der Waals surface area contributed by atoms with E-state index in [1.54, 1.807) is 36.1 Å². The molecule has 9 heteroatoms. The lowest BCUT2D eigenvalue weighted by Gasteiger charge is -2.32. The third-order valence-electron chi connectivity index (χ3n) is 7.78. The van der Waals surface area contributed by atoms with Crippen LogP contribution in [0.4, 0.5) is 4.39 Å². The molecule has 0 aliphatic carbocycles. The summed E-state index contributed by atoms with van der Waals surface area (Å²) in [4.78, 5) is 65.8. The quantitative estimate of drug-likeness (QED) is 0.630. The summed E-state index contributed by atoms with van der Waals surface area (Å²) >= 11 is 0. The van der Waals surface area contributed by atoms with Gasteiger partial charge in [-0.15, -0.1) is 0 Å². The van der Waals surface area contributed by atoms with E-state index in [0.29, 0.717) is 42.1 Å². The summed E-state index contributed by atoms with van der Waals surface area (Å²) in [6, 6.07) is 8.75. The number of aryl methyl sites for hydroxylation is 1. The first-order valence-electron chi connectivity index (χ1n) is 12.6. The second-order valence-corrected chi connectivity index (χ2v) is 9.97. The maximum atomic E-state index is 13.9. The number of benzene rings is 2. The summed E-state index contributed by atoms with van der Waals surface area (Å²) < 4.78 is 13.9. The first-order chi connectivity index (χ1) is 17.8. The smallest absolute Gasteiger partial charge is 0.262 e. The van der Waals surface area contributed by atoms with Gasteiger partial charge >= 0.3 is 0 Å². The minimum Gasteiger partial charge on any atom is -0.339 e. The number of fused-ring (bicyclic) bond motifs is 1. The summed E-state index contributed by atoms with van der Waals surface area (Å²) in [6.45, 7) is 2.76. The van der Waals surface area contributed by atoms with Crippen LogP contribution in [0.15, 0.2) is 36.4 Å². The van der Waals surface area contributed by atoms with Crippen LogP contribution in [0.1, 0.15) is 74.3 Å². The van der Waals surface area contributed by atoms with Gasteiger partial charge in [0, 0.05) is 25.1 Å². The topological polar surface area (TPSA) is 104 Å². The van der Waals surface area contributed by atoms with Gasteiger partial charge in [0.2, 0.25) is 11.8 Å². The largest absolute Gasteiger partial charge is 0.339 e. The molecule has 8 nitrogen and oxygen atoms in total. The molecule has 2 aromatic carbocycles. The summed E-state index contributed by atoms with van der Waals surface area (Å²) in [6.07, 6.45) is 3.17. The molecule has 192 valence electrons. The lowest BCUT2D eigenvalue weighted by Crippen LogP contribution is -2.54. The number of halogens is 1. The fraction of sp³-hybridized carbons (Fsp3) is 0.393. The highest BCUT2D eigenvalue weighted by Gasteiger charge is 2.45. The highest BCUT2D eigenvalue weighted by Crippen LogP contribution is 2.32. The zero-order chi connectivity index (χ0) is 26.3. The fourth-order valence-corrected chi connectivity index (χ4v) is 5.59. The van der Waals surface area contributed by atoms with Crippen LogP contribution in [-0.4, -0.2) is 58.5 Å². The van der Waals surface area contributed by atoms with Gasteiger partial charge in [-0.25, -0.2) is 4.39 Å². The molecule has 5 amide bonds. The average molecular weight is 506 g/mol. The van der Waals surface area contributed by atoms with E-state index in [2.05, 4.69) is 5.32 Å². The monoisotopic (exact) mass is 505 g/mol. The van der Waals surface area contributed by atoms with Crippen molar-refractivity contribution in [3.63, 3.8) is 0 Å². The fourth-order valence-electron chi connectivity index (χ4n) is 5.59. The molecule has 0 bridgehead atoms. The Labute approximate surface area is 213 Å². The van der Waals surface area contributed by atoms with E-state index in [-0.39, 0.29) is 30.1 Å². The molecule has 2 aromatic rings. The lowest BCUT2D eigenvalue weighted by molar-refractivity contribution is -0.136. The van der Waals surface area contributed by atoms with E-state index in [1.807, 2.05) is 6.07 Å².